The minimum Gasteiger partial charge on any atom is -0.504 e. The van der Waals surface area contributed by atoms with Crippen LogP contribution in [0.1, 0.15) is 5.56 Å². The molecule has 8 nitrogen and oxygen atoms in total. The van der Waals surface area contributed by atoms with Crippen LogP contribution in [0.15, 0.2) is 53.6 Å². The van der Waals surface area contributed by atoms with Gasteiger partial charge in [0.2, 0.25) is 17.5 Å². The highest BCUT2D eigenvalue weighted by molar-refractivity contribution is 6.21. The lowest BCUT2D eigenvalue weighted by molar-refractivity contribution is -0.122. The number of aliphatic hydroxyl groups is 2. The van der Waals surface area contributed by atoms with E-state index in [4.69, 9.17) is 5.73 Å². The maximum atomic E-state index is 12.2. The number of nitrogens with two attached hydrogens (primary N) is 1. The number of benzene rings is 1. The average Bonchev–Trinajstić information content (AvgIpc) is 3.03. The number of carbonyl (C=O) groups excluding carboxylic acids is 3. The molecule has 1 heterocycles. The Morgan fingerprint density at radius 3 is 2.73 bits per heavy atom. The summed E-state index contributed by atoms with van der Waals surface area (Å²) >= 11 is 0. The SMILES string of the molecule is N[C@@H](Cc1c[nH]c2ccccc12)C(=O)NCC1=C(O)C(=O)C=C(O)C1=O. The van der Waals surface area contributed by atoms with Crippen LogP contribution in [0.5, 0.6) is 0 Å². The van der Waals surface area contributed by atoms with Crippen LogP contribution in [0.3, 0.4) is 0 Å². The molecule has 0 radical (unpaired) electrons. The van der Waals surface area contributed by atoms with E-state index in [-0.39, 0.29) is 12.0 Å². The van der Waals surface area contributed by atoms with Gasteiger partial charge in [-0.1, -0.05) is 18.2 Å². The summed E-state index contributed by atoms with van der Waals surface area (Å²) in [6.45, 7) is -0.408. The molecule has 0 saturated heterocycles. The molecule has 1 atom stereocenters. The van der Waals surface area contributed by atoms with Gasteiger partial charge in [-0.25, -0.2) is 0 Å². The average molecular weight is 355 g/mol. The number of ketones is 2. The van der Waals surface area contributed by atoms with Crippen molar-refractivity contribution in [2.45, 2.75) is 12.5 Å². The van der Waals surface area contributed by atoms with E-state index < -0.39 is 41.6 Å². The Hall–Kier alpha value is -3.39. The zero-order valence-electron chi connectivity index (χ0n) is 13.7. The number of Topliss-reactive ketones (excluding diaryl/α,β-unsaturated/α-hetero) is 1. The van der Waals surface area contributed by atoms with Crippen LogP contribution in [0.25, 0.3) is 10.9 Å². The zero-order valence-corrected chi connectivity index (χ0v) is 13.7. The number of amides is 1. The molecule has 3 rings (SSSR count). The minimum atomic E-state index is -0.910. The molecular formula is C18H17N3O5. The molecule has 1 aliphatic rings. The van der Waals surface area contributed by atoms with E-state index in [1.165, 1.54) is 0 Å². The number of hydrogen-bond donors (Lipinski definition) is 5. The molecule has 0 fully saturated rings. The predicted molar refractivity (Wildman–Crippen MR) is 93.4 cm³/mol. The lowest BCUT2D eigenvalue weighted by atomic mass is 9.99. The highest BCUT2D eigenvalue weighted by atomic mass is 16.3. The number of allylic oxidation sites excluding steroid dienone is 2. The Bertz CT molecular complexity index is 970. The molecule has 1 aromatic heterocycles. The number of carbonyl (C=O) groups is 3. The van der Waals surface area contributed by atoms with Gasteiger partial charge in [-0.05, 0) is 18.1 Å². The van der Waals surface area contributed by atoms with Crippen molar-refractivity contribution in [1.29, 1.82) is 0 Å². The van der Waals surface area contributed by atoms with Crippen LogP contribution in [-0.2, 0) is 20.8 Å². The number of nitrogens with one attached hydrogen (secondary N) is 2. The molecule has 1 aromatic carbocycles. The number of aromatic amines is 1. The van der Waals surface area contributed by atoms with E-state index in [1.54, 1.807) is 6.20 Å². The van der Waals surface area contributed by atoms with Crippen LogP contribution in [0.2, 0.25) is 0 Å². The van der Waals surface area contributed by atoms with Crippen LogP contribution < -0.4 is 11.1 Å². The van der Waals surface area contributed by atoms with E-state index in [1.807, 2.05) is 24.3 Å². The Morgan fingerprint density at radius 2 is 1.96 bits per heavy atom. The van der Waals surface area contributed by atoms with Gasteiger partial charge in [-0.15, -0.1) is 0 Å². The van der Waals surface area contributed by atoms with Crippen molar-refractivity contribution in [2.24, 2.45) is 5.73 Å². The lowest BCUT2D eigenvalue weighted by Crippen LogP contribution is -2.43. The molecule has 0 spiro atoms. The first-order valence-corrected chi connectivity index (χ1v) is 7.88. The molecule has 0 aliphatic heterocycles. The molecular weight excluding hydrogens is 338 g/mol. The molecule has 2 aromatic rings. The Balaban J connectivity index is 1.66. The summed E-state index contributed by atoms with van der Waals surface area (Å²) in [5.41, 5.74) is 7.35. The molecule has 8 heteroatoms. The van der Waals surface area contributed by atoms with E-state index in [9.17, 15) is 24.6 Å². The van der Waals surface area contributed by atoms with Gasteiger partial charge in [0.15, 0.2) is 11.5 Å². The van der Waals surface area contributed by atoms with Gasteiger partial charge in [-0.3, -0.25) is 14.4 Å². The fourth-order valence-corrected chi connectivity index (χ4v) is 2.77. The lowest BCUT2D eigenvalue weighted by Gasteiger charge is -2.15. The zero-order chi connectivity index (χ0) is 18.8. The molecule has 1 aliphatic carbocycles. The Labute approximate surface area is 148 Å². The number of hydrogen-bond acceptors (Lipinski definition) is 6. The van der Waals surface area contributed by atoms with E-state index >= 15 is 0 Å². The fourth-order valence-electron chi connectivity index (χ4n) is 2.77. The monoisotopic (exact) mass is 355 g/mol. The largest absolute Gasteiger partial charge is 0.504 e. The fraction of sp³-hybridized carbons (Fsp3) is 0.167. The molecule has 134 valence electrons. The van der Waals surface area contributed by atoms with E-state index in [2.05, 4.69) is 10.3 Å². The number of fused-ring (bicyclic) bond motifs is 1. The summed E-state index contributed by atoms with van der Waals surface area (Å²) in [7, 11) is 0. The quantitative estimate of drug-likeness (QED) is 0.495. The summed E-state index contributed by atoms with van der Waals surface area (Å²) in [5, 5.41) is 22.4. The first-order chi connectivity index (χ1) is 12.4. The molecule has 6 N–H and O–H groups in total. The topological polar surface area (TPSA) is 146 Å². The molecule has 0 unspecified atom stereocenters. The maximum Gasteiger partial charge on any atom is 0.237 e. The summed E-state index contributed by atoms with van der Waals surface area (Å²) in [6.07, 6.45) is 2.67. The van der Waals surface area contributed by atoms with Crippen molar-refractivity contribution in [1.82, 2.24) is 10.3 Å². The third kappa shape index (κ3) is 3.22. The van der Waals surface area contributed by atoms with Crippen LogP contribution in [-0.4, -0.2) is 45.3 Å². The second kappa shape index (κ2) is 6.85. The number of H-pyrrole nitrogens is 1. The van der Waals surface area contributed by atoms with E-state index in [0.717, 1.165) is 16.5 Å². The van der Waals surface area contributed by atoms with Gasteiger partial charge >= 0.3 is 0 Å². The second-order valence-electron chi connectivity index (χ2n) is 5.94. The smallest absolute Gasteiger partial charge is 0.237 e. The summed E-state index contributed by atoms with van der Waals surface area (Å²) in [6, 6.07) is 6.70. The second-order valence-corrected chi connectivity index (χ2v) is 5.94. The first kappa shape index (κ1) is 17.4. The van der Waals surface area contributed by atoms with Gasteiger partial charge in [-0.2, -0.15) is 0 Å². The van der Waals surface area contributed by atoms with Gasteiger partial charge in [0.1, 0.15) is 0 Å². The maximum absolute atomic E-state index is 12.2. The summed E-state index contributed by atoms with van der Waals surface area (Å²) in [4.78, 5) is 38.5. The standard InChI is InChI=1S/C18H17N3O5/c19-12(5-9-7-20-13-4-2-1-3-10(9)13)18(26)21-8-11-16(24)14(22)6-15(23)17(11)25/h1-4,6-7,12,20,22,25H,5,8,19H2,(H,21,26)/t12-/m0/s1. The van der Waals surface area contributed by atoms with Gasteiger partial charge in [0.05, 0.1) is 18.2 Å². The highest BCUT2D eigenvalue weighted by Gasteiger charge is 2.29. The molecule has 0 bridgehead atoms. The van der Waals surface area contributed by atoms with Crippen LogP contribution in [0, 0.1) is 0 Å². The van der Waals surface area contributed by atoms with Gasteiger partial charge in [0, 0.05) is 23.2 Å². The Morgan fingerprint density at radius 1 is 1.23 bits per heavy atom. The van der Waals surface area contributed by atoms with Crippen molar-refractivity contribution in [3.05, 3.63) is 59.2 Å². The van der Waals surface area contributed by atoms with E-state index in [0.29, 0.717) is 6.08 Å². The van der Waals surface area contributed by atoms with Crippen molar-refractivity contribution < 1.29 is 24.6 Å². The third-order valence-corrected chi connectivity index (χ3v) is 4.18. The van der Waals surface area contributed by atoms with Crippen molar-refractivity contribution in [3.63, 3.8) is 0 Å². The normalized spacial score (nSPS) is 16.0. The molecule has 26 heavy (non-hydrogen) atoms. The number of aliphatic hydroxyl groups excluding tert-OH is 2. The summed E-state index contributed by atoms with van der Waals surface area (Å²) in [5.74, 6) is -3.93. The molecule has 1 amide bonds. The minimum absolute atomic E-state index is 0.263. The first-order valence-electron chi connectivity index (χ1n) is 7.88. The Kier molecular flexibility index (Phi) is 4.59. The highest BCUT2D eigenvalue weighted by Crippen LogP contribution is 2.19. The van der Waals surface area contributed by atoms with Crippen molar-refractivity contribution in [3.8, 4) is 0 Å². The van der Waals surface area contributed by atoms with Gasteiger partial charge < -0.3 is 26.2 Å². The number of aromatic nitrogens is 1. The van der Waals surface area contributed by atoms with Crippen molar-refractivity contribution in [2.75, 3.05) is 6.54 Å². The molecule has 0 saturated carbocycles. The van der Waals surface area contributed by atoms with Crippen molar-refractivity contribution >= 4 is 28.4 Å². The predicted octanol–water partition coefficient (Wildman–Crippen LogP) is 0.560. The third-order valence-electron chi connectivity index (χ3n) is 4.18. The van der Waals surface area contributed by atoms with Crippen LogP contribution >= 0.6 is 0 Å². The number of rotatable bonds is 5. The summed E-state index contributed by atoms with van der Waals surface area (Å²) < 4.78 is 0. The van der Waals surface area contributed by atoms with Crippen LogP contribution in [0.4, 0.5) is 0 Å². The number of para-hydroxylation sites is 1. The van der Waals surface area contributed by atoms with Gasteiger partial charge in [0.25, 0.3) is 0 Å².